The average molecular weight is 235 g/mol. The SMILES string of the molecule is O=C(C1CC2CC2C1)C(Cl)c1ccccc1. The number of rotatable bonds is 3. The normalized spacial score (nSPS) is 33.2. The van der Waals surface area contributed by atoms with Crippen molar-refractivity contribution in [3.63, 3.8) is 0 Å². The summed E-state index contributed by atoms with van der Waals surface area (Å²) in [4.78, 5) is 12.2. The first-order valence-electron chi connectivity index (χ1n) is 5.98. The number of alkyl halides is 1. The summed E-state index contributed by atoms with van der Waals surface area (Å²) in [6, 6.07) is 9.69. The summed E-state index contributed by atoms with van der Waals surface area (Å²) in [5, 5.41) is -0.441. The molecule has 3 unspecified atom stereocenters. The molecule has 0 aromatic heterocycles. The van der Waals surface area contributed by atoms with E-state index in [0.29, 0.717) is 0 Å². The molecule has 0 spiro atoms. The summed E-state index contributed by atoms with van der Waals surface area (Å²) in [5.74, 6) is 2.15. The summed E-state index contributed by atoms with van der Waals surface area (Å²) in [7, 11) is 0. The van der Waals surface area contributed by atoms with E-state index >= 15 is 0 Å². The van der Waals surface area contributed by atoms with Gasteiger partial charge in [-0.25, -0.2) is 0 Å². The van der Waals surface area contributed by atoms with Crippen molar-refractivity contribution in [3.05, 3.63) is 35.9 Å². The van der Waals surface area contributed by atoms with Crippen LogP contribution in [0.25, 0.3) is 0 Å². The van der Waals surface area contributed by atoms with E-state index in [-0.39, 0.29) is 11.7 Å². The Bertz CT molecular complexity index is 390. The van der Waals surface area contributed by atoms with Crippen LogP contribution in [0, 0.1) is 17.8 Å². The van der Waals surface area contributed by atoms with Gasteiger partial charge >= 0.3 is 0 Å². The molecule has 2 heteroatoms. The molecule has 2 fully saturated rings. The number of hydrogen-bond donors (Lipinski definition) is 0. The second-order valence-corrected chi connectivity index (χ2v) is 5.54. The van der Waals surface area contributed by atoms with Crippen LogP contribution >= 0.6 is 11.6 Å². The maximum Gasteiger partial charge on any atom is 0.158 e. The molecule has 0 N–H and O–H groups in total. The number of carbonyl (C=O) groups excluding carboxylic acids is 1. The lowest BCUT2D eigenvalue weighted by Crippen LogP contribution is -2.17. The van der Waals surface area contributed by atoms with Crippen molar-refractivity contribution in [2.24, 2.45) is 17.8 Å². The van der Waals surface area contributed by atoms with Crippen LogP contribution in [-0.4, -0.2) is 5.78 Å². The molecular weight excluding hydrogens is 220 g/mol. The largest absolute Gasteiger partial charge is 0.297 e. The zero-order valence-electron chi connectivity index (χ0n) is 9.10. The van der Waals surface area contributed by atoms with Crippen LogP contribution in [0.2, 0.25) is 0 Å². The molecule has 2 aliphatic rings. The standard InChI is InChI=1S/C14H15ClO/c15-13(9-4-2-1-3-5-9)14(16)12-7-10-6-11(10)8-12/h1-5,10-13H,6-8H2. The van der Waals surface area contributed by atoms with Crippen LogP contribution in [0.3, 0.4) is 0 Å². The summed E-state index contributed by atoms with van der Waals surface area (Å²) in [5.41, 5.74) is 0.940. The zero-order valence-corrected chi connectivity index (χ0v) is 9.86. The third-order valence-corrected chi connectivity index (χ3v) is 4.46. The molecule has 1 aromatic rings. The number of halogens is 1. The molecule has 0 amide bonds. The molecule has 3 rings (SSSR count). The highest BCUT2D eigenvalue weighted by Crippen LogP contribution is 2.55. The number of carbonyl (C=O) groups is 1. The zero-order chi connectivity index (χ0) is 11.1. The second kappa shape index (κ2) is 3.89. The summed E-state index contributed by atoms with van der Waals surface area (Å²) < 4.78 is 0. The van der Waals surface area contributed by atoms with E-state index in [2.05, 4.69) is 0 Å². The Kier molecular flexibility index (Phi) is 2.51. The van der Waals surface area contributed by atoms with Crippen molar-refractivity contribution in [3.8, 4) is 0 Å². The Morgan fingerprint density at radius 2 is 1.75 bits per heavy atom. The minimum absolute atomic E-state index is 0.228. The van der Waals surface area contributed by atoms with E-state index < -0.39 is 5.38 Å². The van der Waals surface area contributed by atoms with Crippen molar-refractivity contribution in [2.75, 3.05) is 0 Å². The van der Waals surface area contributed by atoms with Crippen molar-refractivity contribution >= 4 is 17.4 Å². The first-order valence-corrected chi connectivity index (χ1v) is 6.42. The highest BCUT2D eigenvalue weighted by atomic mass is 35.5. The molecule has 0 heterocycles. The first-order chi connectivity index (χ1) is 7.75. The molecule has 1 aromatic carbocycles. The van der Waals surface area contributed by atoms with Crippen LogP contribution in [0.5, 0.6) is 0 Å². The van der Waals surface area contributed by atoms with Crippen molar-refractivity contribution < 1.29 is 4.79 Å². The minimum Gasteiger partial charge on any atom is -0.297 e. The fraction of sp³-hybridized carbons (Fsp3) is 0.500. The molecule has 2 saturated carbocycles. The predicted molar refractivity (Wildman–Crippen MR) is 64.4 cm³/mol. The summed E-state index contributed by atoms with van der Waals surface area (Å²) >= 11 is 6.25. The molecule has 3 atom stereocenters. The van der Waals surface area contributed by atoms with E-state index in [9.17, 15) is 4.79 Å². The van der Waals surface area contributed by atoms with Crippen LogP contribution in [0.1, 0.15) is 30.2 Å². The molecule has 0 saturated heterocycles. The lowest BCUT2D eigenvalue weighted by molar-refractivity contribution is -0.122. The Morgan fingerprint density at radius 3 is 2.38 bits per heavy atom. The van der Waals surface area contributed by atoms with Gasteiger partial charge in [-0.1, -0.05) is 30.3 Å². The fourth-order valence-corrected chi connectivity index (χ4v) is 3.26. The van der Waals surface area contributed by atoms with Crippen LogP contribution in [0.15, 0.2) is 30.3 Å². The molecule has 84 valence electrons. The maximum atomic E-state index is 12.2. The Labute approximate surface area is 101 Å². The molecule has 0 bridgehead atoms. The number of ketones is 1. The average Bonchev–Trinajstić information content (AvgIpc) is 2.95. The van der Waals surface area contributed by atoms with Crippen molar-refractivity contribution in [1.29, 1.82) is 0 Å². The van der Waals surface area contributed by atoms with Crippen LogP contribution < -0.4 is 0 Å². The number of hydrogen-bond acceptors (Lipinski definition) is 1. The van der Waals surface area contributed by atoms with Crippen molar-refractivity contribution in [1.82, 2.24) is 0 Å². The van der Waals surface area contributed by atoms with E-state index in [0.717, 1.165) is 30.2 Å². The highest BCUT2D eigenvalue weighted by Gasteiger charge is 2.48. The second-order valence-electron chi connectivity index (χ2n) is 5.10. The lowest BCUT2D eigenvalue weighted by atomic mass is 9.93. The van der Waals surface area contributed by atoms with E-state index in [1.54, 1.807) is 0 Å². The first kappa shape index (κ1) is 10.3. The van der Waals surface area contributed by atoms with Gasteiger partial charge in [-0.2, -0.15) is 0 Å². The van der Waals surface area contributed by atoms with Crippen molar-refractivity contribution in [2.45, 2.75) is 24.6 Å². The topological polar surface area (TPSA) is 17.1 Å². The minimum atomic E-state index is -0.441. The summed E-state index contributed by atoms with van der Waals surface area (Å²) in [6.07, 6.45) is 3.52. The highest BCUT2D eigenvalue weighted by molar-refractivity contribution is 6.31. The Hall–Kier alpha value is -0.820. The van der Waals surface area contributed by atoms with Crippen LogP contribution in [-0.2, 0) is 4.79 Å². The number of fused-ring (bicyclic) bond motifs is 1. The lowest BCUT2D eigenvalue weighted by Gasteiger charge is -2.15. The molecule has 2 aliphatic carbocycles. The smallest absolute Gasteiger partial charge is 0.158 e. The molecule has 1 nitrogen and oxygen atoms in total. The summed E-state index contributed by atoms with van der Waals surface area (Å²) in [6.45, 7) is 0. The van der Waals surface area contributed by atoms with Crippen LogP contribution in [0.4, 0.5) is 0 Å². The maximum absolute atomic E-state index is 12.2. The van der Waals surface area contributed by atoms with Gasteiger partial charge in [-0.05, 0) is 36.7 Å². The molecule has 0 aliphatic heterocycles. The number of benzene rings is 1. The third kappa shape index (κ3) is 1.78. The van der Waals surface area contributed by atoms with E-state index in [1.165, 1.54) is 6.42 Å². The third-order valence-electron chi connectivity index (χ3n) is 3.99. The van der Waals surface area contributed by atoms with Gasteiger partial charge in [0.15, 0.2) is 5.78 Å². The molecule has 0 radical (unpaired) electrons. The van der Waals surface area contributed by atoms with E-state index in [4.69, 9.17) is 11.6 Å². The monoisotopic (exact) mass is 234 g/mol. The van der Waals surface area contributed by atoms with Gasteiger partial charge in [0.25, 0.3) is 0 Å². The van der Waals surface area contributed by atoms with Gasteiger partial charge in [0.2, 0.25) is 0 Å². The van der Waals surface area contributed by atoms with Gasteiger partial charge in [-0.15, -0.1) is 11.6 Å². The van der Waals surface area contributed by atoms with Gasteiger partial charge in [0, 0.05) is 5.92 Å². The van der Waals surface area contributed by atoms with Gasteiger partial charge in [-0.3, -0.25) is 4.79 Å². The molecular formula is C14H15ClO. The Morgan fingerprint density at radius 1 is 1.12 bits per heavy atom. The van der Waals surface area contributed by atoms with Gasteiger partial charge < -0.3 is 0 Å². The molecule has 16 heavy (non-hydrogen) atoms. The quantitative estimate of drug-likeness (QED) is 0.731. The predicted octanol–water partition coefficient (Wildman–Crippen LogP) is 3.58. The van der Waals surface area contributed by atoms with E-state index in [1.807, 2.05) is 30.3 Å². The fourth-order valence-electron chi connectivity index (χ4n) is 2.94. The van der Waals surface area contributed by atoms with Gasteiger partial charge in [0.05, 0.1) is 0 Å². The Balaban J connectivity index is 1.70. The number of Topliss-reactive ketones (excluding diaryl/α,β-unsaturated/α-hetero) is 1. The van der Waals surface area contributed by atoms with Gasteiger partial charge in [0.1, 0.15) is 5.38 Å².